The first-order chi connectivity index (χ1) is 9.44. The van der Waals surface area contributed by atoms with Gasteiger partial charge < -0.3 is 9.63 Å². The van der Waals surface area contributed by atoms with Crippen molar-refractivity contribution in [3.63, 3.8) is 0 Å². The highest BCUT2D eigenvalue weighted by Crippen LogP contribution is 2.24. The maximum atomic E-state index is 12.2. The number of aliphatic hydroxyl groups excluding tert-OH is 1. The summed E-state index contributed by atoms with van der Waals surface area (Å²) in [5, 5.41) is 12.4. The topological polar surface area (TPSA) is 105 Å². The maximum absolute atomic E-state index is 12.2. The van der Waals surface area contributed by atoms with Crippen LogP contribution >= 0.6 is 11.3 Å². The van der Waals surface area contributed by atoms with E-state index in [1.807, 2.05) is 0 Å². The molecule has 0 bridgehead atoms. The predicted octanol–water partition coefficient (Wildman–Crippen LogP) is 0.893. The van der Waals surface area contributed by atoms with Gasteiger partial charge in [0.2, 0.25) is 0 Å². The van der Waals surface area contributed by atoms with Crippen molar-refractivity contribution in [1.82, 2.24) is 10.1 Å². The average molecular weight is 313 g/mol. The maximum Gasteiger partial charge on any atom is 0.269 e. The second kappa shape index (κ2) is 5.62. The number of nitrogens with one attached hydrogen (secondary N) is 1. The predicted molar refractivity (Wildman–Crippen MR) is 72.9 cm³/mol. The average Bonchev–Trinajstić information content (AvgIpc) is 2.93. The number of aromatic nitrogens is 2. The molecule has 2 heterocycles. The van der Waals surface area contributed by atoms with E-state index >= 15 is 0 Å². The molecule has 0 aliphatic heterocycles. The number of anilines is 1. The number of rotatable bonds is 3. The number of aliphatic hydroxyl groups is 1. The largest absolute Gasteiger partial charge is 0.384 e. The van der Waals surface area contributed by atoms with Gasteiger partial charge in [-0.1, -0.05) is 28.3 Å². The quantitative estimate of drug-likeness (QED) is 0.815. The molecule has 0 aromatic carbocycles. The van der Waals surface area contributed by atoms with Crippen LogP contribution < -0.4 is 4.72 Å². The molecule has 0 aliphatic rings. The van der Waals surface area contributed by atoms with Crippen molar-refractivity contribution < 1.29 is 18.0 Å². The molecule has 2 aromatic heterocycles. The Balaban J connectivity index is 2.27. The van der Waals surface area contributed by atoms with Gasteiger partial charge in [-0.25, -0.2) is 13.4 Å². The van der Waals surface area contributed by atoms with Gasteiger partial charge in [0.25, 0.3) is 10.0 Å². The lowest BCUT2D eigenvalue weighted by Crippen LogP contribution is -2.14. The molecule has 0 saturated heterocycles. The van der Waals surface area contributed by atoms with E-state index in [1.165, 1.54) is 13.1 Å². The van der Waals surface area contributed by atoms with E-state index < -0.39 is 10.0 Å². The molecule has 0 amide bonds. The highest BCUT2D eigenvalue weighted by atomic mass is 32.2. The van der Waals surface area contributed by atoms with Crippen LogP contribution in [0.15, 0.2) is 15.6 Å². The summed E-state index contributed by atoms with van der Waals surface area (Å²) in [6.45, 7) is 2.80. The molecule has 0 unspecified atom stereocenters. The first kappa shape index (κ1) is 14.5. The van der Waals surface area contributed by atoms with E-state index in [0.29, 0.717) is 4.88 Å². The molecular formula is C11H11N3O4S2. The van der Waals surface area contributed by atoms with E-state index in [4.69, 9.17) is 9.63 Å². The molecule has 2 N–H and O–H groups in total. The van der Waals surface area contributed by atoms with Gasteiger partial charge in [0.05, 0.1) is 11.1 Å². The lowest BCUT2D eigenvalue weighted by atomic mass is 10.4. The van der Waals surface area contributed by atoms with Gasteiger partial charge in [0.15, 0.2) is 15.8 Å². The van der Waals surface area contributed by atoms with Crippen LogP contribution in [0.2, 0.25) is 0 Å². The SMILES string of the molecule is Cc1noc(C)c1S(=O)(=O)Nc1ncc(C#CCO)s1. The number of hydrogen-bond acceptors (Lipinski definition) is 7. The minimum atomic E-state index is -3.79. The summed E-state index contributed by atoms with van der Waals surface area (Å²) in [6, 6.07) is 0. The van der Waals surface area contributed by atoms with Crippen LogP contribution in [-0.2, 0) is 10.0 Å². The fourth-order valence-electron chi connectivity index (χ4n) is 1.53. The summed E-state index contributed by atoms with van der Waals surface area (Å²) in [4.78, 5) is 4.48. The van der Waals surface area contributed by atoms with Crippen LogP contribution in [-0.4, -0.2) is 30.3 Å². The molecule has 9 heteroatoms. The van der Waals surface area contributed by atoms with E-state index in [9.17, 15) is 8.42 Å². The smallest absolute Gasteiger partial charge is 0.269 e. The number of nitrogens with zero attached hydrogens (tertiary/aromatic N) is 2. The fraction of sp³-hybridized carbons (Fsp3) is 0.273. The Bertz CT molecular complexity index is 761. The van der Waals surface area contributed by atoms with Gasteiger partial charge in [-0.15, -0.1) is 0 Å². The second-order valence-electron chi connectivity index (χ2n) is 3.75. The van der Waals surface area contributed by atoms with E-state index in [2.05, 4.69) is 26.7 Å². The third-order valence-electron chi connectivity index (χ3n) is 2.25. The molecule has 2 rings (SSSR count). The van der Waals surface area contributed by atoms with Crippen LogP contribution in [0.4, 0.5) is 5.13 Å². The standard InChI is InChI=1S/C11H11N3O4S2/c1-7-10(8(2)18-13-7)20(16,17)14-11-12-6-9(19-11)4-3-5-15/h6,15H,5H2,1-2H3,(H,12,14). The Labute approximate surface area is 119 Å². The van der Waals surface area contributed by atoms with Gasteiger partial charge in [-0.3, -0.25) is 4.72 Å². The highest BCUT2D eigenvalue weighted by Gasteiger charge is 2.25. The minimum absolute atomic E-state index is 0.00990. The van der Waals surface area contributed by atoms with Crippen molar-refractivity contribution in [2.24, 2.45) is 0 Å². The van der Waals surface area contributed by atoms with E-state index in [0.717, 1.165) is 11.3 Å². The van der Waals surface area contributed by atoms with E-state index in [-0.39, 0.29) is 28.1 Å². The lowest BCUT2D eigenvalue weighted by Gasteiger charge is -2.03. The molecule has 0 radical (unpaired) electrons. The Morgan fingerprint density at radius 1 is 1.50 bits per heavy atom. The van der Waals surface area contributed by atoms with Crippen LogP contribution in [0, 0.1) is 25.7 Å². The number of sulfonamides is 1. The van der Waals surface area contributed by atoms with Crippen molar-refractivity contribution in [3.05, 3.63) is 22.5 Å². The van der Waals surface area contributed by atoms with Gasteiger partial charge in [-0.2, -0.15) is 0 Å². The summed E-state index contributed by atoms with van der Waals surface area (Å²) in [7, 11) is -3.79. The van der Waals surface area contributed by atoms with Crippen LogP contribution in [0.3, 0.4) is 0 Å². The van der Waals surface area contributed by atoms with Crippen LogP contribution in [0.5, 0.6) is 0 Å². The summed E-state index contributed by atoms with van der Waals surface area (Å²) < 4.78 is 31.6. The molecule has 0 spiro atoms. The fourth-order valence-corrected chi connectivity index (χ4v) is 3.79. The van der Waals surface area contributed by atoms with Crippen molar-refractivity contribution in [2.45, 2.75) is 18.7 Å². The van der Waals surface area contributed by atoms with Crippen molar-refractivity contribution in [1.29, 1.82) is 0 Å². The van der Waals surface area contributed by atoms with Crippen molar-refractivity contribution in [3.8, 4) is 11.8 Å². The third kappa shape index (κ3) is 2.98. The molecule has 2 aromatic rings. The van der Waals surface area contributed by atoms with Gasteiger partial charge in [0, 0.05) is 0 Å². The van der Waals surface area contributed by atoms with Gasteiger partial charge >= 0.3 is 0 Å². The zero-order valence-corrected chi connectivity index (χ0v) is 12.3. The van der Waals surface area contributed by atoms with Crippen LogP contribution in [0.1, 0.15) is 16.3 Å². The molecule has 0 aliphatic carbocycles. The first-order valence-electron chi connectivity index (χ1n) is 5.45. The minimum Gasteiger partial charge on any atom is -0.384 e. The van der Waals surface area contributed by atoms with Crippen LogP contribution in [0.25, 0.3) is 0 Å². The summed E-state index contributed by atoms with van der Waals surface area (Å²) in [5.41, 5.74) is 0.284. The molecule has 0 fully saturated rings. The van der Waals surface area contributed by atoms with Gasteiger partial charge in [0.1, 0.15) is 12.3 Å². The summed E-state index contributed by atoms with van der Waals surface area (Å²) >= 11 is 1.07. The Kier molecular flexibility index (Phi) is 4.08. The molecule has 0 saturated carbocycles. The summed E-state index contributed by atoms with van der Waals surface area (Å²) in [6.07, 6.45) is 1.43. The third-order valence-corrected chi connectivity index (χ3v) is 4.79. The number of hydrogen-bond donors (Lipinski definition) is 2. The molecular weight excluding hydrogens is 302 g/mol. The Morgan fingerprint density at radius 2 is 2.25 bits per heavy atom. The number of thiazole rings is 1. The van der Waals surface area contributed by atoms with Crippen molar-refractivity contribution in [2.75, 3.05) is 11.3 Å². The normalized spacial score (nSPS) is 10.9. The van der Waals surface area contributed by atoms with Crippen molar-refractivity contribution >= 4 is 26.5 Å². The molecule has 106 valence electrons. The lowest BCUT2D eigenvalue weighted by molar-refractivity contribution is 0.350. The molecule has 0 atom stereocenters. The highest BCUT2D eigenvalue weighted by molar-refractivity contribution is 7.93. The monoisotopic (exact) mass is 313 g/mol. The van der Waals surface area contributed by atoms with Gasteiger partial charge in [-0.05, 0) is 13.8 Å². The Morgan fingerprint density at radius 3 is 2.85 bits per heavy atom. The second-order valence-corrected chi connectivity index (χ2v) is 6.40. The first-order valence-corrected chi connectivity index (χ1v) is 7.75. The zero-order valence-electron chi connectivity index (χ0n) is 10.7. The Hall–Kier alpha value is -1.89. The summed E-state index contributed by atoms with van der Waals surface area (Å²) in [5.74, 6) is 5.32. The zero-order chi connectivity index (χ0) is 14.8. The van der Waals surface area contributed by atoms with E-state index in [1.54, 1.807) is 6.92 Å². The molecule has 20 heavy (non-hydrogen) atoms. The molecule has 7 nitrogen and oxygen atoms in total. The number of aryl methyl sites for hydroxylation is 2.